The highest BCUT2D eigenvalue weighted by Gasteiger charge is 2.10. The minimum Gasteiger partial charge on any atom is -0.497 e. The average Bonchev–Trinajstić information content (AvgIpc) is 3.31. The smallest absolute Gasteiger partial charge is 0.224 e. The maximum Gasteiger partial charge on any atom is 0.224 e. The predicted molar refractivity (Wildman–Crippen MR) is 128 cm³/mol. The third kappa shape index (κ3) is 5.94. The average molecular weight is 443 g/mol. The molecule has 0 aliphatic carbocycles. The number of anilines is 2. The lowest BCUT2D eigenvalue weighted by atomic mass is 10.1. The van der Waals surface area contributed by atoms with E-state index in [1.165, 1.54) is 5.56 Å². The van der Waals surface area contributed by atoms with Gasteiger partial charge in [-0.25, -0.2) is 0 Å². The first-order valence-electron chi connectivity index (χ1n) is 10.7. The molecule has 4 rings (SSSR count). The summed E-state index contributed by atoms with van der Waals surface area (Å²) in [5.41, 5.74) is 11.0. The number of rotatable bonds is 9. The SMILES string of the molecule is COc1ccc(CCn2cc(CCC(=O)Nc3cc(-c4cccnc4)ccc3N)nn2)cc1. The number of carbonyl (C=O) groups is 1. The monoisotopic (exact) mass is 442 g/mol. The fourth-order valence-electron chi connectivity index (χ4n) is 3.43. The summed E-state index contributed by atoms with van der Waals surface area (Å²) in [6.07, 6.45) is 6.99. The third-order valence-corrected chi connectivity index (χ3v) is 5.31. The Morgan fingerprint density at radius 1 is 1.09 bits per heavy atom. The van der Waals surface area contributed by atoms with Crippen LogP contribution in [0.25, 0.3) is 11.1 Å². The molecule has 33 heavy (non-hydrogen) atoms. The summed E-state index contributed by atoms with van der Waals surface area (Å²) in [5.74, 6) is 0.712. The van der Waals surface area contributed by atoms with Crippen LogP contribution in [0, 0.1) is 0 Å². The number of aryl methyl sites for hydroxylation is 3. The van der Waals surface area contributed by atoms with Crippen LogP contribution in [0.3, 0.4) is 0 Å². The quantitative estimate of drug-likeness (QED) is 0.382. The van der Waals surface area contributed by atoms with Crippen molar-refractivity contribution in [3.63, 3.8) is 0 Å². The molecular weight excluding hydrogens is 416 g/mol. The van der Waals surface area contributed by atoms with Gasteiger partial charge in [-0.05, 0) is 47.9 Å². The van der Waals surface area contributed by atoms with Gasteiger partial charge in [0, 0.05) is 43.5 Å². The zero-order valence-corrected chi connectivity index (χ0v) is 18.4. The van der Waals surface area contributed by atoms with E-state index in [1.54, 1.807) is 30.3 Å². The van der Waals surface area contributed by atoms with E-state index in [-0.39, 0.29) is 12.3 Å². The summed E-state index contributed by atoms with van der Waals surface area (Å²) in [6.45, 7) is 0.712. The highest BCUT2D eigenvalue weighted by molar-refractivity contribution is 5.95. The van der Waals surface area contributed by atoms with E-state index in [2.05, 4.69) is 20.6 Å². The molecule has 0 bridgehead atoms. The molecule has 2 aromatic heterocycles. The van der Waals surface area contributed by atoms with E-state index in [9.17, 15) is 4.79 Å². The van der Waals surface area contributed by atoms with Crippen molar-refractivity contribution in [2.24, 2.45) is 0 Å². The molecule has 2 aromatic carbocycles. The molecule has 1 amide bonds. The normalized spacial score (nSPS) is 10.7. The van der Waals surface area contributed by atoms with Crippen LogP contribution in [0.1, 0.15) is 17.7 Å². The van der Waals surface area contributed by atoms with Gasteiger partial charge in [0.25, 0.3) is 0 Å². The molecular formula is C25H26N6O2. The number of methoxy groups -OCH3 is 1. The fraction of sp³-hybridized carbons (Fsp3) is 0.200. The van der Waals surface area contributed by atoms with Crippen LogP contribution in [0.2, 0.25) is 0 Å². The molecule has 0 saturated heterocycles. The van der Waals surface area contributed by atoms with Crippen LogP contribution in [0.4, 0.5) is 11.4 Å². The van der Waals surface area contributed by atoms with Gasteiger partial charge in [-0.1, -0.05) is 29.5 Å². The number of nitrogens with one attached hydrogen (secondary N) is 1. The van der Waals surface area contributed by atoms with Crippen LogP contribution in [0.15, 0.2) is 73.2 Å². The van der Waals surface area contributed by atoms with Crippen molar-refractivity contribution in [1.82, 2.24) is 20.0 Å². The second-order valence-electron chi connectivity index (χ2n) is 7.66. The number of nitrogen functional groups attached to an aromatic ring is 1. The largest absolute Gasteiger partial charge is 0.497 e. The zero-order chi connectivity index (χ0) is 23.0. The molecule has 4 aromatic rings. The van der Waals surface area contributed by atoms with E-state index < -0.39 is 0 Å². The Kier molecular flexibility index (Phi) is 6.94. The molecule has 0 aliphatic rings. The third-order valence-electron chi connectivity index (χ3n) is 5.31. The van der Waals surface area contributed by atoms with Crippen LogP contribution in [-0.2, 0) is 24.2 Å². The van der Waals surface area contributed by atoms with Gasteiger partial charge < -0.3 is 15.8 Å². The highest BCUT2D eigenvalue weighted by atomic mass is 16.5. The first-order chi connectivity index (χ1) is 16.1. The Labute approximate surface area is 192 Å². The maximum atomic E-state index is 12.5. The molecule has 2 heterocycles. The number of pyridine rings is 1. The van der Waals surface area contributed by atoms with Crippen molar-refractivity contribution in [3.8, 4) is 16.9 Å². The van der Waals surface area contributed by atoms with Crippen LogP contribution in [-0.4, -0.2) is 33.0 Å². The van der Waals surface area contributed by atoms with Gasteiger partial charge in [0.05, 0.1) is 24.2 Å². The van der Waals surface area contributed by atoms with Gasteiger partial charge in [-0.2, -0.15) is 0 Å². The number of nitrogens with two attached hydrogens (primary N) is 1. The molecule has 0 saturated carbocycles. The Hall–Kier alpha value is -4.20. The second-order valence-corrected chi connectivity index (χ2v) is 7.66. The molecule has 0 fully saturated rings. The van der Waals surface area contributed by atoms with Crippen molar-refractivity contribution < 1.29 is 9.53 Å². The lowest BCUT2D eigenvalue weighted by molar-refractivity contribution is -0.116. The second kappa shape index (κ2) is 10.4. The van der Waals surface area contributed by atoms with E-state index >= 15 is 0 Å². The summed E-state index contributed by atoms with van der Waals surface area (Å²) in [6, 6.07) is 17.3. The standard InChI is InChI=1S/C25H26N6O2/c1-33-22-8-4-18(5-9-22)12-14-31-17-21(29-30-31)7-11-25(32)28-24-15-19(6-10-23(24)26)20-3-2-13-27-16-20/h2-6,8-10,13,15-17H,7,11-12,14,26H2,1H3,(H,28,32). The minimum absolute atomic E-state index is 0.127. The molecule has 3 N–H and O–H groups in total. The fourth-order valence-corrected chi connectivity index (χ4v) is 3.43. The van der Waals surface area contributed by atoms with Crippen molar-refractivity contribution >= 4 is 17.3 Å². The molecule has 0 aliphatic heterocycles. The van der Waals surface area contributed by atoms with E-state index in [0.717, 1.165) is 29.0 Å². The summed E-state index contributed by atoms with van der Waals surface area (Å²) in [5, 5.41) is 11.3. The molecule has 168 valence electrons. The van der Waals surface area contributed by atoms with E-state index in [0.29, 0.717) is 24.3 Å². The lowest BCUT2D eigenvalue weighted by Gasteiger charge is -2.10. The summed E-state index contributed by atoms with van der Waals surface area (Å²) < 4.78 is 6.98. The van der Waals surface area contributed by atoms with Crippen molar-refractivity contribution in [3.05, 3.63) is 84.4 Å². The first kappa shape index (κ1) is 22.0. The predicted octanol–water partition coefficient (Wildman–Crippen LogP) is 3.74. The topological polar surface area (TPSA) is 108 Å². The molecule has 0 spiro atoms. The Morgan fingerprint density at radius 3 is 2.70 bits per heavy atom. The first-order valence-corrected chi connectivity index (χ1v) is 10.7. The Morgan fingerprint density at radius 2 is 1.94 bits per heavy atom. The Balaban J connectivity index is 1.29. The number of nitrogens with zero attached hydrogens (tertiary/aromatic N) is 4. The lowest BCUT2D eigenvalue weighted by Crippen LogP contribution is -2.13. The molecule has 0 unspecified atom stereocenters. The van der Waals surface area contributed by atoms with Crippen molar-refractivity contribution in [2.45, 2.75) is 25.8 Å². The molecule has 8 nitrogen and oxygen atoms in total. The minimum atomic E-state index is -0.127. The van der Waals surface area contributed by atoms with Crippen molar-refractivity contribution in [1.29, 1.82) is 0 Å². The Bertz CT molecular complexity index is 1210. The number of aromatic nitrogens is 4. The highest BCUT2D eigenvalue weighted by Crippen LogP contribution is 2.27. The number of benzene rings is 2. The summed E-state index contributed by atoms with van der Waals surface area (Å²) in [7, 11) is 1.65. The van der Waals surface area contributed by atoms with Gasteiger partial charge in [-0.3, -0.25) is 14.5 Å². The summed E-state index contributed by atoms with van der Waals surface area (Å²) >= 11 is 0. The van der Waals surface area contributed by atoms with Gasteiger partial charge in [0.1, 0.15) is 5.75 Å². The van der Waals surface area contributed by atoms with Crippen LogP contribution in [0.5, 0.6) is 5.75 Å². The number of carbonyl (C=O) groups excluding carboxylic acids is 1. The molecule has 0 radical (unpaired) electrons. The number of amides is 1. The number of ether oxygens (including phenoxy) is 1. The maximum absolute atomic E-state index is 12.5. The number of hydrogen-bond donors (Lipinski definition) is 2. The molecule has 0 atom stereocenters. The van der Waals surface area contributed by atoms with Crippen molar-refractivity contribution in [2.75, 3.05) is 18.2 Å². The van der Waals surface area contributed by atoms with Gasteiger partial charge in [0.15, 0.2) is 0 Å². The van der Waals surface area contributed by atoms with Gasteiger partial charge in [0.2, 0.25) is 5.91 Å². The van der Waals surface area contributed by atoms with E-state index in [1.807, 2.05) is 54.7 Å². The summed E-state index contributed by atoms with van der Waals surface area (Å²) in [4.78, 5) is 16.6. The van der Waals surface area contributed by atoms with Gasteiger partial charge in [-0.15, -0.1) is 5.10 Å². The van der Waals surface area contributed by atoms with Crippen LogP contribution >= 0.6 is 0 Å². The zero-order valence-electron chi connectivity index (χ0n) is 18.4. The van der Waals surface area contributed by atoms with Gasteiger partial charge >= 0.3 is 0 Å². The number of hydrogen-bond acceptors (Lipinski definition) is 6. The molecule has 8 heteroatoms. The van der Waals surface area contributed by atoms with Crippen LogP contribution < -0.4 is 15.8 Å². The van der Waals surface area contributed by atoms with E-state index in [4.69, 9.17) is 10.5 Å².